The van der Waals surface area contributed by atoms with Gasteiger partial charge in [0.2, 0.25) is 0 Å². The van der Waals surface area contributed by atoms with E-state index in [0.29, 0.717) is 11.2 Å². The van der Waals surface area contributed by atoms with Gasteiger partial charge in [-0.2, -0.15) is 4.98 Å². The van der Waals surface area contributed by atoms with E-state index in [0.717, 1.165) is 23.6 Å². The summed E-state index contributed by atoms with van der Waals surface area (Å²) in [4.78, 5) is 36.9. The largest absolute Gasteiger partial charge is 0.345 e. The van der Waals surface area contributed by atoms with Crippen LogP contribution in [0.4, 0.5) is 8.78 Å². The topological polar surface area (TPSA) is 119 Å². The quantitative estimate of drug-likeness (QED) is 0.400. The second kappa shape index (κ2) is 8.70. The van der Waals surface area contributed by atoms with Gasteiger partial charge in [0, 0.05) is 30.0 Å². The molecule has 11 heteroatoms. The van der Waals surface area contributed by atoms with Crippen LogP contribution in [0.5, 0.6) is 0 Å². The average Bonchev–Trinajstić information content (AvgIpc) is 3.45. The molecule has 0 bridgehead atoms. The maximum absolute atomic E-state index is 13.5. The Bertz CT molecular complexity index is 1550. The lowest BCUT2D eigenvalue weighted by Gasteiger charge is -2.09. The molecule has 0 radical (unpaired) electrons. The molecule has 0 aliphatic heterocycles. The summed E-state index contributed by atoms with van der Waals surface area (Å²) in [5.41, 5.74) is 0.860. The van der Waals surface area contributed by atoms with E-state index in [1.165, 1.54) is 22.9 Å². The molecule has 9 nitrogen and oxygen atoms in total. The van der Waals surface area contributed by atoms with Gasteiger partial charge in [-0.1, -0.05) is 5.16 Å². The number of halogens is 2. The van der Waals surface area contributed by atoms with Crippen molar-refractivity contribution in [1.82, 2.24) is 30.0 Å². The molecule has 0 aliphatic carbocycles. The minimum Gasteiger partial charge on any atom is -0.345 e. The minimum atomic E-state index is -0.750. The van der Waals surface area contributed by atoms with Gasteiger partial charge >= 0.3 is 0 Å². The Hall–Kier alpha value is -4.67. The third-order valence-electron chi connectivity index (χ3n) is 5.10. The molecule has 0 aliphatic rings. The molecule has 4 heterocycles. The Morgan fingerprint density at radius 2 is 1.97 bits per heavy atom. The predicted octanol–water partition coefficient (Wildman–Crippen LogP) is 3.03. The van der Waals surface area contributed by atoms with Gasteiger partial charge in [-0.15, -0.1) is 0 Å². The van der Waals surface area contributed by atoms with Crippen LogP contribution < -0.4 is 10.9 Å². The van der Waals surface area contributed by atoms with Gasteiger partial charge in [0.05, 0.1) is 18.7 Å². The van der Waals surface area contributed by atoms with Gasteiger partial charge in [0.25, 0.3) is 17.4 Å². The van der Waals surface area contributed by atoms with Crippen LogP contribution in [-0.4, -0.2) is 30.6 Å². The van der Waals surface area contributed by atoms with Crippen molar-refractivity contribution in [3.8, 4) is 11.5 Å². The van der Waals surface area contributed by atoms with Crippen molar-refractivity contribution in [1.29, 1.82) is 0 Å². The summed E-state index contributed by atoms with van der Waals surface area (Å²) < 4.78 is 33.4. The van der Waals surface area contributed by atoms with Gasteiger partial charge in [-0.25, -0.2) is 13.8 Å². The molecular formula is C23H16F2N6O3. The minimum absolute atomic E-state index is 0.0770. The summed E-state index contributed by atoms with van der Waals surface area (Å²) >= 11 is 0. The van der Waals surface area contributed by atoms with Crippen LogP contribution in [0.15, 0.2) is 70.4 Å². The van der Waals surface area contributed by atoms with E-state index in [-0.39, 0.29) is 35.9 Å². The summed E-state index contributed by atoms with van der Waals surface area (Å²) in [6.45, 7) is -0.172. The molecule has 0 fully saturated rings. The number of carbonyl (C=O) groups is 1. The van der Waals surface area contributed by atoms with Crippen molar-refractivity contribution in [2.75, 3.05) is 0 Å². The molecule has 0 atom stereocenters. The zero-order valence-electron chi connectivity index (χ0n) is 17.5. The zero-order chi connectivity index (χ0) is 23.7. The van der Waals surface area contributed by atoms with Crippen molar-refractivity contribution in [3.63, 3.8) is 0 Å². The number of rotatable bonds is 6. The number of carbonyl (C=O) groups excluding carboxylic acids is 1. The highest BCUT2D eigenvalue weighted by Crippen LogP contribution is 2.25. The number of pyridine rings is 2. The first kappa shape index (κ1) is 21.2. The van der Waals surface area contributed by atoms with E-state index >= 15 is 0 Å². The molecule has 0 spiro atoms. The number of amides is 1. The van der Waals surface area contributed by atoms with Gasteiger partial charge < -0.3 is 19.4 Å². The highest BCUT2D eigenvalue weighted by atomic mass is 19.1. The zero-order valence-corrected chi connectivity index (χ0v) is 17.5. The maximum atomic E-state index is 13.5. The molecule has 1 amide bonds. The van der Waals surface area contributed by atoms with E-state index in [2.05, 4.69) is 25.4 Å². The first-order valence-corrected chi connectivity index (χ1v) is 10.2. The van der Waals surface area contributed by atoms with Crippen molar-refractivity contribution in [2.24, 2.45) is 0 Å². The second-order valence-electron chi connectivity index (χ2n) is 7.43. The maximum Gasteiger partial charge on any atom is 0.263 e. The van der Waals surface area contributed by atoms with E-state index in [4.69, 9.17) is 4.52 Å². The first-order chi connectivity index (χ1) is 16.5. The van der Waals surface area contributed by atoms with Gasteiger partial charge in [-0.3, -0.25) is 9.59 Å². The van der Waals surface area contributed by atoms with E-state index in [1.54, 1.807) is 18.5 Å². The summed E-state index contributed by atoms with van der Waals surface area (Å²) in [5.74, 6) is -1.67. The third kappa shape index (κ3) is 4.18. The Kier molecular flexibility index (Phi) is 5.42. The SMILES string of the molecule is O=C(NCc1noc(-c2c[nH]c3ncccc23)n1)c1cccn(Cc2cc(F)cc(F)c2)c1=O. The van der Waals surface area contributed by atoms with Crippen LogP contribution in [-0.2, 0) is 13.1 Å². The molecular weight excluding hydrogens is 446 g/mol. The highest BCUT2D eigenvalue weighted by molar-refractivity contribution is 5.93. The summed E-state index contributed by atoms with van der Waals surface area (Å²) in [6.07, 6.45) is 4.79. The molecule has 4 aromatic heterocycles. The second-order valence-corrected chi connectivity index (χ2v) is 7.43. The monoisotopic (exact) mass is 462 g/mol. The molecule has 0 unspecified atom stereocenters. The molecule has 0 saturated heterocycles. The molecule has 170 valence electrons. The number of nitrogens with one attached hydrogen (secondary N) is 2. The predicted molar refractivity (Wildman–Crippen MR) is 117 cm³/mol. The molecule has 5 rings (SSSR count). The van der Waals surface area contributed by atoms with Gasteiger partial charge in [-0.05, 0) is 42.0 Å². The number of hydrogen-bond donors (Lipinski definition) is 2. The van der Waals surface area contributed by atoms with Crippen LogP contribution >= 0.6 is 0 Å². The number of hydrogen-bond acceptors (Lipinski definition) is 6. The van der Waals surface area contributed by atoms with Crippen LogP contribution in [0.25, 0.3) is 22.5 Å². The van der Waals surface area contributed by atoms with Crippen molar-refractivity contribution >= 4 is 16.9 Å². The fourth-order valence-electron chi connectivity index (χ4n) is 3.56. The average molecular weight is 462 g/mol. The lowest BCUT2D eigenvalue weighted by molar-refractivity contribution is 0.0947. The van der Waals surface area contributed by atoms with Gasteiger partial charge in [0.1, 0.15) is 22.8 Å². The molecule has 2 N–H and O–H groups in total. The Morgan fingerprint density at radius 3 is 2.79 bits per heavy atom. The van der Waals surface area contributed by atoms with Crippen molar-refractivity contribution in [2.45, 2.75) is 13.1 Å². The van der Waals surface area contributed by atoms with E-state index in [1.807, 2.05) is 6.07 Å². The van der Waals surface area contributed by atoms with Crippen LogP contribution in [0, 0.1) is 11.6 Å². The van der Waals surface area contributed by atoms with Crippen molar-refractivity contribution < 1.29 is 18.1 Å². The van der Waals surface area contributed by atoms with Crippen LogP contribution in [0.1, 0.15) is 21.7 Å². The Balaban J connectivity index is 1.30. The normalized spacial score (nSPS) is 11.1. The fraction of sp³-hybridized carbons (Fsp3) is 0.0870. The third-order valence-corrected chi connectivity index (χ3v) is 5.10. The number of H-pyrrole nitrogens is 1. The first-order valence-electron chi connectivity index (χ1n) is 10.2. The Labute approximate surface area is 190 Å². The van der Waals surface area contributed by atoms with Crippen LogP contribution in [0.2, 0.25) is 0 Å². The summed E-state index contributed by atoms with van der Waals surface area (Å²) in [7, 11) is 0. The number of aromatic nitrogens is 5. The molecule has 1 aromatic carbocycles. The van der Waals surface area contributed by atoms with Gasteiger partial charge in [0.15, 0.2) is 5.82 Å². The summed E-state index contributed by atoms with van der Waals surface area (Å²) in [5, 5.41) is 7.26. The lowest BCUT2D eigenvalue weighted by Crippen LogP contribution is -2.32. The number of fused-ring (bicyclic) bond motifs is 1. The van der Waals surface area contributed by atoms with E-state index in [9.17, 15) is 18.4 Å². The molecule has 5 aromatic rings. The molecule has 0 saturated carbocycles. The number of benzene rings is 1. The van der Waals surface area contributed by atoms with Crippen molar-refractivity contribution in [3.05, 3.63) is 100.0 Å². The smallest absolute Gasteiger partial charge is 0.263 e. The standard InChI is InChI=1S/C23H16F2N6O3/c24-14-7-13(8-15(25)9-14)12-31-6-2-4-17(23(31)33)21(32)28-11-19-29-22(34-30-19)18-10-27-20-16(18)3-1-5-26-20/h1-10H,11-12H2,(H,26,27)(H,28,32). The highest BCUT2D eigenvalue weighted by Gasteiger charge is 2.16. The Morgan fingerprint density at radius 1 is 1.15 bits per heavy atom. The van der Waals surface area contributed by atoms with Crippen LogP contribution in [0.3, 0.4) is 0 Å². The summed E-state index contributed by atoms with van der Waals surface area (Å²) in [6, 6.07) is 9.51. The fourth-order valence-corrected chi connectivity index (χ4v) is 3.56. The number of nitrogens with zero attached hydrogens (tertiary/aromatic N) is 4. The van der Waals surface area contributed by atoms with E-state index < -0.39 is 23.1 Å². The number of aromatic amines is 1. The lowest BCUT2D eigenvalue weighted by atomic mass is 10.2. The molecule has 34 heavy (non-hydrogen) atoms.